The molecule has 8 nitrogen and oxygen atoms in total. The first-order chi connectivity index (χ1) is 21.4. The molecular formula is C32H33Cl3F2N4O4S. The van der Waals surface area contributed by atoms with E-state index in [-0.39, 0.29) is 47.3 Å². The van der Waals surface area contributed by atoms with Crippen molar-refractivity contribution in [3.8, 4) is 11.4 Å². The number of nitrogens with two attached hydrogens (primary N) is 1. The van der Waals surface area contributed by atoms with Crippen molar-refractivity contribution >= 4 is 59.2 Å². The van der Waals surface area contributed by atoms with Crippen molar-refractivity contribution < 1.29 is 28.2 Å². The third kappa shape index (κ3) is 8.32. The van der Waals surface area contributed by atoms with Crippen molar-refractivity contribution in [3.63, 3.8) is 0 Å². The molecule has 0 aliphatic rings. The van der Waals surface area contributed by atoms with Gasteiger partial charge < -0.3 is 20.9 Å². The Morgan fingerprint density at radius 1 is 1.11 bits per heavy atom. The van der Waals surface area contributed by atoms with Crippen LogP contribution in [0.1, 0.15) is 53.9 Å². The molecule has 0 bridgehead atoms. The van der Waals surface area contributed by atoms with Crippen LogP contribution < -0.4 is 15.8 Å². The summed E-state index contributed by atoms with van der Waals surface area (Å²) in [6.07, 6.45) is 2.23. The number of halogens is 5. The van der Waals surface area contributed by atoms with E-state index in [0.29, 0.717) is 28.0 Å². The van der Waals surface area contributed by atoms with Gasteiger partial charge in [-0.3, -0.25) is 9.36 Å². The van der Waals surface area contributed by atoms with Crippen LogP contribution in [-0.4, -0.2) is 46.2 Å². The fourth-order valence-corrected chi connectivity index (χ4v) is 6.32. The van der Waals surface area contributed by atoms with Crippen LogP contribution in [0.25, 0.3) is 5.69 Å². The molecule has 1 heterocycles. The Morgan fingerprint density at radius 3 is 2.41 bits per heavy atom. The SMILES string of the molecule is COc1cc(C(C)(C)c2cnc(SCc3c(F)cc(C(=O)N[C@@H](CCCN)C(=O)O)cc3Cl)n2-c2ccc(F)cc2)ccc1Cl.Cl. The Morgan fingerprint density at radius 2 is 1.80 bits per heavy atom. The number of benzene rings is 3. The van der Waals surface area contributed by atoms with Gasteiger partial charge in [-0.05, 0) is 73.5 Å². The predicted molar refractivity (Wildman–Crippen MR) is 179 cm³/mol. The van der Waals surface area contributed by atoms with Crippen molar-refractivity contribution in [1.82, 2.24) is 14.9 Å². The second-order valence-corrected chi connectivity index (χ2v) is 12.5. The molecular weight excluding hydrogens is 681 g/mol. The zero-order valence-electron chi connectivity index (χ0n) is 25.2. The number of hydrogen-bond acceptors (Lipinski definition) is 6. The van der Waals surface area contributed by atoms with Crippen LogP contribution in [0.5, 0.6) is 5.75 Å². The Labute approximate surface area is 286 Å². The lowest BCUT2D eigenvalue weighted by atomic mass is 9.81. The quantitative estimate of drug-likeness (QED) is 0.123. The van der Waals surface area contributed by atoms with Crippen LogP contribution in [0.15, 0.2) is 66.0 Å². The molecule has 0 unspecified atom stereocenters. The zero-order valence-corrected chi connectivity index (χ0v) is 28.3. The maximum atomic E-state index is 15.4. The molecule has 4 aromatic rings. The molecule has 14 heteroatoms. The van der Waals surface area contributed by atoms with E-state index in [1.807, 2.05) is 30.5 Å². The van der Waals surface area contributed by atoms with Gasteiger partial charge in [0, 0.05) is 33.0 Å². The average molecular weight is 714 g/mol. The summed E-state index contributed by atoms with van der Waals surface area (Å²) in [5.41, 5.74) is 7.14. The topological polar surface area (TPSA) is 119 Å². The molecule has 0 radical (unpaired) electrons. The number of carbonyl (C=O) groups is 2. The van der Waals surface area contributed by atoms with E-state index in [1.165, 1.54) is 37.1 Å². The minimum absolute atomic E-state index is 0. The molecule has 0 aliphatic heterocycles. The number of aliphatic carboxylic acids is 1. The third-order valence-electron chi connectivity index (χ3n) is 7.38. The number of aromatic nitrogens is 2. The number of thioether (sulfide) groups is 1. The molecule has 246 valence electrons. The van der Waals surface area contributed by atoms with E-state index in [4.69, 9.17) is 33.7 Å². The molecule has 0 saturated heterocycles. The number of nitrogens with zero attached hydrogens (tertiary/aromatic N) is 2. The summed E-state index contributed by atoms with van der Waals surface area (Å²) in [4.78, 5) is 28.9. The second-order valence-electron chi connectivity index (χ2n) is 10.7. The Hall–Kier alpha value is -3.35. The van der Waals surface area contributed by atoms with Gasteiger partial charge in [0.05, 0.1) is 24.0 Å². The van der Waals surface area contributed by atoms with E-state index in [1.54, 1.807) is 24.4 Å². The zero-order chi connectivity index (χ0) is 32.9. The van der Waals surface area contributed by atoms with Gasteiger partial charge in [0.25, 0.3) is 5.91 Å². The molecule has 1 amide bonds. The first-order valence-corrected chi connectivity index (χ1v) is 15.6. The molecule has 0 aliphatic carbocycles. The molecule has 4 rings (SSSR count). The number of methoxy groups -OCH3 is 1. The van der Waals surface area contributed by atoms with E-state index >= 15 is 4.39 Å². The summed E-state index contributed by atoms with van der Waals surface area (Å²) in [5, 5.41) is 12.7. The van der Waals surface area contributed by atoms with Crippen LogP contribution >= 0.6 is 47.4 Å². The molecule has 0 fully saturated rings. The lowest BCUT2D eigenvalue weighted by molar-refractivity contribution is -0.139. The highest BCUT2D eigenvalue weighted by molar-refractivity contribution is 7.98. The minimum atomic E-state index is -1.22. The number of rotatable bonds is 13. The molecule has 1 aromatic heterocycles. The van der Waals surface area contributed by atoms with Crippen LogP contribution in [0.2, 0.25) is 10.0 Å². The summed E-state index contributed by atoms with van der Waals surface area (Å²) in [7, 11) is 1.54. The highest BCUT2D eigenvalue weighted by atomic mass is 35.5. The largest absolute Gasteiger partial charge is 0.495 e. The van der Waals surface area contributed by atoms with Crippen LogP contribution in [-0.2, 0) is 16.0 Å². The molecule has 3 aromatic carbocycles. The average Bonchev–Trinajstić information content (AvgIpc) is 3.43. The highest BCUT2D eigenvalue weighted by Crippen LogP contribution is 2.39. The van der Waals surface area contributed by atoms with E-state index in [2.05, 4.69) is 10.3 Å². The smallest absolute Gasteiger partial charge is 0.326 e. The molecule has 0 saturated carbocycles. The number of imidazole rings is 1. The highest BCUT2D eigenvalue weighted by Gasteiger charge is 2.31. The first kappa shape index (κ1) is 37.1. The van der Waals surface area contributed by atoms with Crippen molar-refractivity contribution in [2.75, 3.05) is 13.7 Å². The van der Waals surface area contributed by atoms with Gasteiger partial charge in [0.2, 0.25) is 0 Å². The number of carboxylic acid groups (broad SMARTS) is 1. The summed E-state index contributed by atoms with van der Waals surface area (Å²) in [6, 6.07) is 12.6. The summed E-state index contributed by atoms with van der Waals surface area (Å²) in [6.45, 7) is 4.28. The minimum Gasteiger partial charge on any atom is -0.495 e. The Kier molecular flexibility index (Phi) is 12.9. The normalized spacial score (nSPS) is 11.9. The Balaban J connectivity index is 0.00000576. The van der Waals surface area contributed by atoms with Gasteiger partial charge in [0.1, 0.15) is 23.4 Å². The molecule has 46 heavy (non-hydrogen) atoms. The van der Waals surface area contributed by atoms with Crippen molar-refractivity contribution in [3.05, 3.63) is 105 Å². The molecule has 4 N–H and O–H groups in total. The Bertz CT molecular complexity index is 1680. The maximum Gasteiger partial charge on any atom is 0.326 e. The fourth-order valence-electron chi connectivity index (χ4n) is 4.74. The van der Waals surface area contributed by atoms with E-state index in [0.717, 1.165) is 17.3 Å². The van der Waals surface area contributed by atoms with Gasteiger partial charge >= 0.3 is 5.97 Å². The molecule has 1 atom stereocenters. The maximum absolute atomic E-state index is 15.4. The number of carbonyl (C=O) groups excluding carboxylic acids is 1. The van der Waals surface area contributed by atoms with Crippen LogP contribution in [0.4, 0.5) is 8.78 Å². The van der Waals surface area contributed by atoms with E-state index < -0.39 is 35.0 Å². The summed E-state index contributed by atoms with van der Waals surface area (Å²) >= 11 is 13.9. The van der Waals surface area contributed by atoms with Gasteiger partial charge in [-0.25, -0.2) is 18.6 Å². The lowest BCUT2D eigenvalue weighted by Gasteiger charge is -2.28. The number of carboxylic acids is 1. The first-order valence-electron chi connectivity index (χ1n) is 13.9. The monoisotopic (exact) mass is 712 g/mol. The standard InChI is InChI=1S/C32H32Cl2F2N4O4S.ClH/c1-32(2,19-6-11-23(33)27(15-19)44-3)28-16-38-31(40(28)21-9-7-20(35)8-10-21)45-17-22-24(34)13-18(14-25(22)36)29(41)39-26(30(42)43)5-4-12-37;/h6-11,13-16,26H,4-5,12,17,37H2,1-3H3,(H,39,41)(H,42,43);1H/t26-;/m0./s1. The van der Waals surface area contributed by atoms with Crippen molar-refractivity contribution in [2.24, 2.45) is 5.73 Å². The van der Waals surface area contributed by atoms with Gasteiger partial charge in [0.15, 0.2) is 5.16 Å². The van der Waals surface area contributed by atoms with Crippen molar-refractivity contribution in [1.29, 1.82) is 0 Å². The second kappa shape index (κ2) is 16.0. The summed E-state index contributed by atoms with van der Waals surface area (Å²) < 4.78 is 36.5. The third-order valence-corrected chi connectivity index (χ3v) is 9.01. The number of nitrogens with one attached hydrogen (secondary N) is 1. The van der Waals surface area contributed by atoms with E-state index in [9.17, 15) is 19.1 Å². The predicted octanol–water partition coefficient (Wildman–Crippen LogP) is 7.43. The summed E-state index contributed by atoms with van der Waals surface area (Å²) in [5.74, 6) is -2.55. The molecule has 0 spiro atoms. The van der Waals surface area contributed by atoms with Gasteiger partial charge in [-0.15, -0.1) is 12.4 Å². The van der Waals surface area contributed by atoms with Crippen LogP contribution in [0.3, 0.4) is 0 Å². The van der Waals surface area contributed by atoms with Gasteiger partial charge in [-0.1, -0.05) is 54.9 Å². The number of amides is 1. The number of hydrogen-bond donors (Lipinski definition) is 3. The van der Waals surface area contributed by atoms with Crippen molar-refractivity contribution in [2.45, 2.75) is 49.1 Å². The van der Waals surface area contributed by atoms with Gasteiger partial charge in [-0.2, -0.15) is 0 Å². The number of ether oxygens (including phenoxy) is 1. The van der Waals surface area contributed by atoms with Crippen LogP contribution in [0, 0.1) is 11.6 Å². The lowest BCUT2D eigenvalue weighted by Crippen LogP contribution is -2.41. The fraction of sp³-hybridized carbons (Fsp3) is 0.281.